The Balaban J connectivity index is 0.00000256. The van der Waals surface area contributed by atoms with Crippen LogP contribution in [0.3, 0.4) is 0 Å². The molecule has 1 unspecified atom stereocenters. The van der Waals surface area contributed by atoms with Crippen molar-refractivity contribution in [2.24, 2.45) is 5.92 Å². The minimum Gasteiger partial charge on any atom is -0.207 e. The zero-order valence-electron chi connectivity index (χ0n) is 10.6. The maximum Gasteiger partial charge on any atom is 0.129 e. The normalized spacial score (nSPS) is 12.0. The molecule has 0 aromatic heterocycles. The molecule has 0 spiro atoms. The van der Waals surface area contributed by atoms with Crippen LogP contribution in [-0.2, 0) is 28.1 Å². The van der Waals surface area contributed by atoms with Crippen LogP contribution in [0.2, 0.25) is 0 Å². The van der Waals surface area contributed by atoms with Crippen molar-refractivity contribution in [1.82, 2.24) is 0 Å². The van der Waals surface area contributed by atoms with Gasteiger partial charge in [0.25, 0.3) is 0 Å². The second-order valence-electron chi connectivity index (χ2n) is 4.36. The van der Waals surface area contributed by atoms with E-state index in [-0.39, 0.29) is 21.7 Å². The monoisotopic (exact) mass is 274 g/mol. The van der Waals surface area contributed by atoms with Gasteiger partial charge in [-0.05, 0) is 24.0 Å². The van der Waals surface area contributed by atoms with Gasteiger partial charge in [0, 0.05) is 27.8 Å². The van der Waals surface area contributed by atoms with Gasteiger partial charge in [-0.1, -0.05) is 45.6 Å². The van der Waals surface area contributed by atoms with Crippen molar-refractivity contribution >= 4 is 0 Å². The van der Waals surface area contributed by atoms with Gasteiger partial charge in [-0.25, -0.2) is 8.78 Å². The van der Waals surface area contributed by atoms with Crippen molar-refractivity contribution in [3.05, 3.63) is 35.4 Å². The SMILES string of the molecule is CCCCC(CC)Cc1ccc(F)cc1F.[Ti]. The number of benzene rings is 1. The molecule has 0 saturated carbocycles. The Morgan fingerprint density at radius 1 is 1.18 bits per heavy atom. The van der Waals surface area contributed by atoms with Crippen LogP contribution < -0.4 is 0 Å². The Morgan fingerprint density at radius 3 is 2.41 bits per heavy atom. The average Bonchev–Trinajstić information content (AvgIpc) is 2.27. The van der Waals surface area contributed by atoms with Crippen molar-refractivity contribution in [2.75, 3.05) is 0 Å². The molecule has 17 heavy (non-hydrogen) atoms. The summed E-state index contributed by atoms with van der Waals surface area (Å²) in [5.74, 6) is -0.391. The van der Waals surface area contributed by atoms with E-state index in [1.54, 1.807) is 6.07 Å². The van der Waals surface area contributed by atoms with Crippen molar-refractivity contribution in [3.63, 3.8) is 0 Å². The third kappa shape index (κ3) is 5.78. The minimum atomic E-state index is -0.497. The third-order valence-electron chi connectivity index (χ3n) is 3.07. The molecule has 1 rings (SSSR count). The second-order valence-corrected chi connectivity index (χ2v) is 4.36. The number of halogens is 2. The van der Waals surface area contributed by atoms with Gasteiger partial charge in [0.2, 0.25) is 0 Å². The van der Waals surface area contributed by atoms with Crippen LogP contribution in [0.25, 0.3) is 0 Å². The van der Waals surface area contributed by atoms with Gasteiger partial charge in [0.15, 0.2) is 0 Å². The first-order chi connectivity index (χ1) is 7.67. The van der Waals surface area contributed by atoms with Crippen LogP contribution in [0, 0.1) is 17.6 Å². The van der Waals surface area contributed by atoms with Crippen molar-refractivity contribution in [3.8, 4) is 0 Å². The van der Waals surface area contributed by atoms with Crippen LogP contribution in [0.5, 0.6) is 0 Å². The molecule has 0 N–H and O–H groups in total. The van der Waals surface area contributed by atoms with Gasteiger partial charge in [-0.2, -0.15) is 0 Å². The Morgan fingerprint density at radius 2 is 1.88 bits per heavy atom. The van der Waals surface area contributed by atoms with Crippen molar-refractivity contribution in [1.29, 1.82) is 0 Å². The molecule has 0 aliphatic rings. The summed E-state index contributed by atoms with van der Waals surface area (Å²) >= 11 is 0. The molecule has 0 radical (unpaired) electrons. The number of rotatable bonds is 6. The molecule has 0 nitrogen and oxygen atoms in total. The molecule has 3 heteroatoms. The first-order valence-electron chi connectivity index (χ1n) is 6.11. The van der Waals surface area contributed by atoms with E-state index in [1.165, 1.54) is 18.9 Å². The van der Waals surface area contributed by atoms with E-state index in [1.807, 2.05) is 0 Å². The fourth-order valence-corrected chi connectivity index (χ4v) is 1.94. The Kier molecular flexibility index (Phi) is 8.72. The van der Waals surface area contributed by atoms with E-state index < -0.39 is 11.6 Å². The summed E-state index contributed by atoms with van der Waals surface area (Å²) in [6, 6.07) is 3.88. The Hall–Kier alpha value is -0.206. The molecule has 94 valence electrons. The quantitative estimate of drug-likeness (QED) is 0.658. The maximum atomic E-state index is 13.4. The van der Waals surface area contributed by atoms with Gasteiger partial charge < -0.3 is 0 Å². The van der Waals surface area contributed by atoms with Crippen molar-refractivity contribution in [2.45, 2.75) is 46.0 Å². The van der Waals surface area contributed by atoms with Crippen LogP contribution in [0.1, 0.15) is 45.1 Å². The maximum absolute atomic E-state index is 13.4. The third-order valence-corrected chi connectivity index (χ3v) is 3.07. The van der Waals surface area contributed by atoms with Gasteiger partial charge >= 0.3 is 0 Å². The summed E-state index contributed by atoms with van der Waals surface area (Å²) in [6.45, 7) is 4.28. The number of hydrogen-bond donors (Lipinski definition) is 0. The summed E-state index contributed by atoms with van der Waals surface area (Å²) in [4.78, 5) is 0. The topological polar surface area (TPSA) is 0 Å². The van der Waals surface area contributed by atoms with E-state index in [9.17, 15) is 8.78 Å². The first-order valence-corrected chi connectivity index (χ1v) is 6.11. The molecule has 0 amide bonds. The molecular weight excluding hydrogens is 254 g/mol. The zero-order chi connectivity index (χ0) is 12.0. The molecule has 0 bridgehead atoms. The second kappa shape index (κ2) is 8.82. The standard InChI is InChI=1S/C14H20F2.Ti/c1-3-5-6-11(4-2)9-12-7-8-13(15)10-14(12)16;/h7-8,10-11H,3-6,9H2,1-2H3;. The van der Waals surface area contributed by atoms with Crippen LogP contribution >= 0.6 is 0 Å². The Labute approximate surface area is 118 Å². The molecule has 0 aliphatic carbocycles. The van der Waals surface area contributed by atoms with Crippen LogP contribution in [0.4, 0.5) is 8.78 Å². The van der Waals surface area contributed by atoms with Gasteiger partial charge in [0.1, 0.15) is 11.6 Å². The van der Waals surface area contributed by atoms with Crippen molar-refractivity contribution < 1.29 is 30.5 Å². The van der Waals surface area contributed by atoms with Gasteiger partial charge in [-0.3, -0.25) is 0 Å². The molecule has 0 fully saturated rings. The van der Waals surface area contributed by atoms with E-state index >= 15 is 0 Å². The van der Waals surface area contributed by atoms with Crippen LogP contribution in [0.15, 0.2) is 18.2 Å². The first kappa shape index (κ1) is 16.8. The molecule has 0 aliphatic heterocycles. The summed E-state index contributed by atoms with van der Waals surface area (Å²) in [7, 11) is 0. The molecule has 1 aromatic rings. The zero-order valence-corrected chi connectivity index (χ0v) is 12.2. The smallest absolute Gasteiger partial charge is 0.129 e. The average molecular weight is 274 g/mol. The fraction of sp³-hybridized carbons (Fsp3) is 0.571. The largest absolute Gasteiger partial charge is 0.207 e. The van der Waals surface area contributed by atoms with E-state index in [0.717, 1.165) is 25.3 Å². The predicted molar refractivity (Wildman–Crippen MR) is 63.4 cm³/mol. The summed E-state index contributed by atoms with van der Waals surface area (Å²) in [5.41, 5.74) is 0.643. The van der Waals surface area contributed by atoms with Gasteiger partial charge in [-0.15, -0.1) is 0 Å². The summed E-state index contributed by atoms with van der Waals surface area (Å²) in [5, 5.41) is 0. The van der Waals surface area contributed by atoms with E-state index in [4.69, 9.17) is 0 Å². The molecular formula is C14H20F2Ti. The number of hydrogen-bond acceptors (Lipinski definition) is 0. The minimum absolute atomic E-state index is 0. The predicted octanol–water partition coefficient (Wildman–Crippen LogP) is 4.72. The molecule has 1 aromatic carbocycles. The van der Waals surface area contributed by atoms with E-state index in [2.05, 4.69) is 13.8 Å². The molecule has 0 saturated heterocycles. The van der Waals surface area contributed by atoms with Gasteiger partial charge in [0.05, 0.1) is 0 Å². The fourth-order valence-electron chi connectivity index (χ4n) is 1.94. The Bertz CT molecular complexity index is 326. The summed E-state index contributed by atoms with van der Waals surface area (Å²) in [6.07, 6.45) is 5.26. The van der Waals surface area contributed by atoms with Crippen LogP contribution in [-0.4, -0.2) is 0 Å². The number of unbranched alkanes of at least 4 members (excludes halogenated alkanes) is 1. The molecule has 0 heterocycles. The van der Waals surface area contributed by atoms with E-state index in [0.29, 0.717) is 11.5 Å². The summed E-state index contributed by atoms with van der Waals surface area (Å²) < 4.78 is 26.2. The molecule has 1 atom stereocenters.